The first-order valence-corrected chi connectivity index (χ1v) is 8.56. The Labute approximate surface area is 146 Å². The van der Waals surface area contributed by atoms with E-state index in [4.69, 9.17) is 11.6 Å². The van der Waals surface area contributed by atoms with Crippen LogP contribution < -0.4 is 9.80 Å². The van der Waals surface area contributed by atoms with Crippen LogP contribution in [0.25, 0.3) is 10.9 Å². The Hall–Kier alpha value is -2.33. The predicted octanol–water partition coefficient (Wildman–Crippen LogP) is 3.92. The molecule has 2 heterocycles. The van der Waals surface area contributed by atoms with Gasteiger partial charge in [-0.1, -0.05) is 29.3 Å². The molecule has 1 fully saturated rings. The fourth-order valence-electron chi connectivity index (χ4n) is 3.29. The van der Waals surface area contributed by atoms with Crippen molar-refractivity contribution in [3.63, 3.8) is 0 Å². The first-order valence-electron chi connectivity index (χ1n) is 8.18. The van der Waals surface area contributed by atoms with E-state index in [-0.39, 0.29) is 0 Å². The first kappa shape index (κ1) is 15.2. The number of fused-ring (bicyclic) bond motifs is 1. The third-order valence-corrected chi connectivity index (χ3v) is 4.80. The summed E-state index contributed by atoms with van der Waals surface area (Å²) >= 11 is 6.12. The van der Waals surface area contributed by atoms with Crippen molar-refractivity contribution < 1.29 is 0 Å². The molecule has 0 unspecified atom stereocenters. The summed E-state index contributed by atoms with van der Waals surface area (Å²) in [6.45, 7) is 5.97. The number of hydrogen-bond donors (Lipinski definition) is 0. The number of aryl methyl sites for hydroxylation is 1. The SMILES string of the molecule is Cc1ccc2nncc(N3CCN(c4cccc(Cl)c4)CC3)c2c1. The molecule has 1 saturated heterocycles. The van der Waals surface area contributed by atoms with E-state index in [1.165, 1.54) is 22.3 Å². The summed E-state index contributed by atoms with van der Waals surface area (Å²) in [5, 5.41) is 10.4. The highest BCUT2D eigenvalue weighted by Gasteiger charge is 2.19. The molecule has 122 valence electrons. The first-order chi connectivity index (χ1) is 11.7. The Morgan fingerprint density at radius 2 is 1.75 bits per heavy atom. The molecular weight excluding hydrogens is 320 g/mol. The highest BCUT2D eigenvalue weighted by Crippen LogP contribution is 2.27. The molecule has 0 saturated carbocycles. The molecule has 5 heteroatoms. The number of halogens is 1. The minimum atomic E-state index is 0.787. The lowest BCUT2D eigenvalue weighted by Crippen LogP contribution is -2.46. The molecule has 3 aromatic rings. The zero-order valence-corrected chi connectivity index (χ0v) is 14.4. The van der Waals surface area contributed by atoms with Gasteiger partial charge in [0, 0.05) is 42.3 Å². The second kappa shape index (κ2) is 6.29. The maximum atomic E-state index is 6.12. The maximum Gasteiger partial charge on any atom is 0.0950 e. The molecule has 4 nitrogen and oxygen atoms in total. The molecule has 0 bridgehead atoms. The van der Waals surface area contributed by atoms with Crippen molar-refractivity contribution >= 4 is 33.9 Å². The molecule has 1 aliphatic heterocycles. The van der Waals surface area contributed by atoms with Gasteiger partial charge in [0.1, 0.15) is 0 Å². The molecule has 24 heavy (non-hydrogen) atoms. The highest BCUT2D eigenvalue weighted by atomic mass is 35.5. The molecule has 1 aromatic heterocycles. The molecule has 1 aliphatic rings. The van der Waals surface area contributed by atoms with Gasteiger partial charge in [0.05, 0.1) is 17.4 Å². The van der Waals surface area contributed by atoms with Gasteiger partial charge in [-0.2, -0.15) is 10.2 Å². The molecular formula is C19H19ClN4. The van der Waals surface area contributed by atoms with Gasteiger partial charge in [-0.15, -0.1) is 0 Å². The van der Waals surface area contributed by atoms with Crippen molar-refractivity contribution in [1.82, 2.24) is 10.2 Å². The molecule has 0 amide bonds. The Morgan fingerprint density at radius 3 is 2.54 bits per heavy atom. The number of anilines is 2. The van der Waals surface area contributed by atoms with Crippen LogP contribution in [0.5, 0.6) is 0 Å². The Kier molecular flexibility index (Phi) is 3.98. The second-order valence-corrected chi connectivity index (χ2v) is 6.64. The Morgan fingerprint density at radius 1 is 0.958 bits per heavy atom. The van der Waals surface area contributed by atoms with E-state index in [0.717, 1.165) is 36.7 Å². The predicted molar refractivity (Wildman–Crippen MR) is 100 cm³/mol. The molecule has 2 aromatic carbocycles. The van der Waals surface area contributed by atoms with Gasteiger partial charge in [-0.25, -0.2) is 0 Å². The van der Waals surface area contributed by atoms with Crippen LogP contribution in [0.3, 0.4) is 0 Å². The van der Waals surface area contributed by atoms with Gasteiger partial charge in [0.25, 0.3) is 0 Å². The molecule has 0 aliphatic carbocycles. The molecule has 0 radical (unpaired) electrons. The average molecular weight is 339 g/mol. The quantitative estimate of drug-likeness (QED) is 0.709. The van der Waals surface area contributed by atoms with Crippen LogP contribution in [0.4, 0.5) is 11.4 Å². The van der Waals surface area contributed by atoms with Crippen molar-refractivity contribution in [3.8, 4) is 0 Å². The van der Waals surface area contributed by atoms with Gasteiger partial charge in [0.15, 0.2) is 0 Å². The standard InChI is InChI=1S/C19H19ClN4/c1-14-5-6-18-17(11-14)19(13-21-22-18)24-9-7-23(8-10-24)16-4-2-3-15(20)12-16/h2-6,11-13H,7-10H2,1H3. The summed E-state index contributed by atoms with van der Waals surface area (Å²) < 4.78 is 0. The van der Waals surface area contributed by atoms with Crippen molar-refractivity contribution in [3.05, 3.63) is 59.2 Å². The average Bonchev–Trinajstić information content (AvgIpc) is 2.61. The summed E-state index contributed by atoms with van der Waals surface area (Å²) in [4.78, 5) is 4.78. The van der Waals surface area contributed by atoms with Gasteiger partial charge >= 0.3 is 0 Å². The van der Waals surface area contributed by atoms with E-state index in [2.05, 4.69) is 45.1 Å². The van der Waals surface area contributed by atoms with Crippen LogP contribution in [0.15, 0.2) is 48.7 Å². The van der Waals surface area contributed by atoms with Gasteiger partial charge in [0.2, 0.25) is 0 Å². The fraction of sp³-hybridized carbons (Fsp3) is 0.263. The van der Waals surface area contributed by atoms with Crippen LogP contribution in [-0.2, 0) is 0 Å². The van der Waals surface area contributed by atoms with Crippen LogP contribution in [0.1, 0.15) is 5.56 Å². The van der Waals surface area contributed by atoms with Crippen LogP contribution >= 0.6 is 11.6 Å². The van der Waals surface area contributed by atoms with Gasteiger partial charge in [-0.05, 0) is 37.3 Å². The van der Waals surface area contributed by atoms with Crippen molar-refractivity contribution in [2.45, 2.75) is 6.92 Å². The normalized spacial score (nSPS) is 15.1. The second-order valence-electron chi connectivity index (χ2n) is 6.20. The third-order valence-electron chi connectivity index (χ3n) is 4.57. The van der Waals surface area contributed by atoms with Crippen molar-refractivity contribution in [2.75, 3.05) is 36.0 Å². The van der Waals surface area contributed by atoms with E-state index < -0.39 is 0 Å². The van der Waals surface area contributed by atoms with E-state index in [1.807, 2.05) is 30.5 Å². The van der Waals surface area contributed by atoms with E-state index in [1.54, 1.807) is 0 Å². The lowest BCUT2D eigenvalue weighted by Gasteiger charge is -2.37. The van der Waals surface area contributed by atoms with Crippen LogP contribution in [0.2, 0.25) is 5.02 Å². The third kappa shape index (κ3) is 2.89. The van der Waals surface area contributed by atoms with Crippen molar-refractivity contribution in [2.24, 2.45) is 0 Å². The molecule has 0 N–H and O–H groups in total. The highest BCUT2D eigenvalue weighted by molar-refractivity contribution is 6.30. The maximum absolute atomic E-state index is 6.12. The number of nitrogens with zero attached hydrogens (tertiary/aromatic N) is 4. The summed E-state index contributed by atoms with van der Waals surface area (Å²) in [7, 11) is 0. The molecule has 0 spiro atoms. The summed E-state index contributed by atoms with van der Waals surface area (Å²) in [5.74, 6) is 0. The minimum Gasteiger partial charge on any atom is -0.368 e. The number of hydrogen-bond acceptors (Lipinski definition) is 4. The smallest absolute Gasteiger partial charge is 0.0950 e. The number of benzene rings is 2. The minimum absolute atomic E-state index is 0.787. The summed E-state index contributed by atoms with van der Waals surface area (Å²) in [6, 6.07) is 14.4. The topological polar surface area (TPSA) is 32.3 Å². The molecule has 0 atom stereocenters. The zero-order chi connectivity index (χ0) is 16.5. The van der Waals surface area contributed by atoms with Crippen LogP contribution in [-0.4, -0.2) is 36.4 Å². The Bertz CT molecular complexity index is 872. The Balaban J connectivity index is 1.57. The zero-order valence-electron chi connectivity index (χ0n) is 13.6. The number of rotatable bonds is 2. The number of piperazine rings is 1. The summed E-state index contributed by atoms with van der Waals surface area (Å²) in [5.41, 5.74) is 4.56. The lowest BCUT2D eigenvalue weighted by molar-refractivity contribution is 0.654. The fourth-order valence-corrected chi connectivity index (χ4v) is 3.47. The van der Waals surface area contributed by atoms with Gasteiger partial charge in [-0.3, -0.25) is 0 Å². The van der Waals surface area contributed by atoms with E-state index in [0.29, 0.717) is 0 Å². The van der Waals surface area contributed by atoms with Crippen molar-refractivity contribution in [1.29, 1.82) is 0 Å². The van der Waals surface area contributed by atoms with Gasteiger partial charge < -0.3 is 9.80 Å². The van der Waals surface area contributed by atoms with E-state index in [9.17, 15) is 0 Å². The molecule has 4 rings (SSSR count). The summed E-state index contributed by atoms with van der Waals surface area (Å²) in [6.07, 6.45) is 1.89. The largest absolute Gasteiger partial charge is 0.368 e. The van der Waals surface area contributed by atoms with E-state index >= 15 is 0 Å². The monoisotopic (exact) mass is 338 g/mol. The lowest BCUT2D eigenvalue weighted by atomic mass is 10.1. The van der Waals surface area contributed by atoms with Crippen LogP contribution in [0, 0.1) is 6.92 Å². The number of aromatic nitrogens is 2.